The zero-order valence-electron chi connectivity index (χ0n) is 15.6. The molecule has 2 aliphatic rings. The van der Waals surface area contributed by atoms with Crippen LogP contribution in [0.15, 0.2) is 12.5 Å². The molecule has 8 heteroatoms. The van der Waals surface area contributed by atoms with E-state index in [9.17, 15) is 4.79 Å². The molecule has 0 bridgehead atoms. The number of carbonyl (C=O) groups is 1. The minimum Gasteiger partial charge on any atom is -0.460 e. The van der Waals surface area contributed by atoms with E-state index in [1.807, 2.05) is 4.68 Å². The van der Waals surface area contributed by atoms with Gasteiger partial charge >= 0.3 is 5.97 Å². The first-order valence-electron chi connectivity index (χ1n) is 9.24. The normalized spacial score (nSPS) is 22.7. The molecule has 2 saturated heterocycles. The number of hydrogen-bond donors (Lipinski definition) is 2. The summed E-state index contributed by atoms with van der Waals surface area (Å²) in [5.41, 5.74) is 0.346. The number of nitrogens with one attached hydrogen (secondary N) is 2. The highest BCUT2D eigenvalue weighted by molar-refractivity contribution is 5.86. The zero-order valence-corrected chi connectivity index (χ0v) is 15.6. The van der Waals surface area contributed by atoms with Crippen LogP contribution in [0, 0.1) is 5.41 Å². The summed E-state index contributed by atoms with van der Waals surface area (Å²) >= 11 is 0. The van der Waals surface area contributed by atoms with Gasteiger partial charge < -0.3 is 15.4 Å². The van der Waals surface area contributed by atoms with E-state index in [0.717, 1.165) is 49.2 Å². The third-order valence-corrected chi connectivity index (χ3v) is 5.38. The molecule has 4 rings (SSSR count). The van der Waals surface area contributed by atoms with Crippen molar-refractivity contribution < 1.29 is 9.53 Å². The van der Waals surface area contributed by atoms with E-state index in [4.69, 9.17) is 4.74 Å². The lowest BCUT2D eigenvalue weighted by Gasteiger charge is -2.29. The highest BCUT2D eigenvalue weighted by atomic mass is 16.6. The number of anilines is 1. The van der Waals surface area contributed by atoms with Crippen molar-refractivity contribution in [1.29, 1.82) is 0 Å². The van der Waals surface area contributed by atoms with Crippen LogP contribution in [0.2, 0.25) is 0 Å². The molecule has 0 amide bonds. The van der Waals surface area contributed by atoms with Crippen LogP contribution in [0.25, 0.3) is 11.0 Å². The maximum absolute atomic E-state index is 12.4. The van der Waals surface area contributed by atoms with Gasteiger partial charge in [-0.2, -0.15) is 5.10 Å². The van der Waals surface area contributed by atoms with Gasteiger partial charge in [-0.3, -0.25) is 4.79 Å². The Balaban J connectivity index is 1.49. The average Bonchev–Trinajstić information content (AvgIpc) is 3.16. The molecule has 26 heavy (non-hydrogen) atoms. The fourth-order valence-corrected chi connectivity index (χ4v) is 3.95. The van der Waals surface area contributed by atoms with Gasteiger partial charge in [-0.05, 0) is 46.7 Å². The molecule has 0 aliphatic carbocycles. The molecule has 2 fully saturated rings. The largest absolute Gasteiger partial charge is 0.460 e. The highest BCUT2D eigenvalue weighted by Gasteiger charge is 2.49. The van der Waals surface area contributed by atoms with E-state index in [0.29, 0.717) is 6.54 Å². The van der Waals surface area contributed by atoms with Crippen LogP contribution >= 0.6 is 0 Å². The van der Waals surface area contributed by atoms with Crippen molar-refractivity contribution in [2.24, 2.45) is 5.41 Å². The van der Waals surface area contributed by atoms with Crippen molar-refractivity contribution in [3.63, 3.8) is 0 Å². The summed E-state index contributed by atoms with van der Waals surface area (Å²) in [4.78, 5) is 21.1. The van der Waals surface area contributed by atoms with Gasteiger partial charge in [0.15, 0.2) is 5.65 Å². The standard InChI is InChI=1S/C18H26N6O2/c1-17(2,3)24-15-13(10-23-24)14(21-11-22-15)20-9-12-8-18(16(25)26-12)4-6-19-7-5-18/h10-12,19H,4-9H2,1-3H3,(H,20,21,22). The summed E-state index contributed by atoms with van der Waals surface area (Å²) in [6.07, 6.45) is 5.71. The first-order chi connectivity index (χ1) is 12.4. The molecule has 2 N–H and O–H groups in total. The van der Waals surface area contributed by atoms with Crippen molar-refractivity contribution in [3.8, 4) is 0 Å². The molecular formula is C18H26N6O2. The average molecular weight is 358 g/mol. The summed E-state index contributed by atoms with van der Waals surface area (Å²) in [5, 5.41) is 12.0. The van der Waals surface area contributed by atoms with Crippen molar-refractivity contribution >= 4 is 22.8 Å². The van der Waals surface area contributed by atoms with E-state index >= 15 is 0 Å². The predicted molar refractivity (Wildman–Crippen MR) is 97.8 cm³/mol. The van der Waals surface area contributed by atoms with Gasteiger partial charge in [0, 0.05) is 6.42 Å². The van der Waals surface area contributed by atoms with E-state index in [1.54, 1.807) is 12.5 Å². The maximum Gasteiger partial charge on any atom is 0.312 e. The van der Waals surface area contributed by atoms with E-state index in [-0.39, 0.29) is 23.0 Å². The first kappa shape index (κ1) is 17.2. The summed E-state index contributed by atoms with van der Waals surface area (Å²) in [5.74, 6) is 0.687. The van der Waals surface area contributed by atoms with Crippen LogP contribution in [0.1, 0.15) is 40.0 Å². The summed E-state index contributed by atoms with van der Waals surface area (Å²) in [6, 6.07) is 0. The lowest BCUT2D eigenvalue weighted by molar-refractivity contribution is -0.149. The molecule has 1 atom stereocenters. The van der Waals surface area contributed by atoms with Crippen LogP contribution in [0.3, 0.4) is 0 Å². The number of aromatic nitrogens is 4. The van der Waals surface area contributed by atoms with Crippen LogP contribution in [0.5, 0.6) is 0 Å². The van der Waals surface area contributed by atoms with Gasteiger partial charge in [0.05, 0.1) is 29.1 Å². The molecule has 0 aromatic carbocycles. The van der Waals surface area contributed by atoms with Crippen molar-refractivity contribution in [3.05, 3.63) is 12.5 Å². The SMILES string of the molecule is CC(C)(C)n1ncc2c(NCC3CC4(CCNCC4)C(=O)O3)ncnc21. The molecule has 2 aromatic rings. The monoisotopic (exact) mass is 358 g/mol. The molecule has 0 saturated carbocycles. The smallest absolute Gasteiger partial charge is 0.312 e. The third kappa shape index (κ3) is 2.92. The Morgan fingerprint density at radius 3 is 2.85 bits per heavy atom. The topological polar surface area (TPSA) is 94.0 Å². The Morgan fingerprint density at radius 1 is 1.35 bits per heavy atom. The summed E-state index contributed by atoms with van der Waals surface area (Å²) in [6.45, 7) is 8.58. The Morgan fingerprint density at radius 2 is 2.12 bits per heavy atom. The molecule has 2 aliphatic heterocycles. The fraction of sp³-hybridized carbons (Fsp3) is 0.667. The lowest BCUT2D eigenvalue weighted by atomic mass is 9.76. The Labute approximate surface area is 152 Å². The second-order valence-corrected chi connectivity index (χ2v) is 8.33. The molecule has 8 nitrogen and oxygen atoms in total. The molecule has 1 unspecified atom stereocenters. The molecule has 4 heterocycles. The number of nitrogens with zero attached hydrogens (tertiary/aromatic N) is 4. The second-order valence-electron chi connectivity index (χ2n) is 8.33. The Kier molecular flexibility index (Phi) is 4.10. The van der Waals surface area contributed by atoms with Gasteiger partial charge in [0.2, 0.25) is 0 Å². The number of carbonyl (C=O) groups excluding carboxylic acids is 1. The molecular weight excluding hydrogens is 332 g/mol. The van der Waals surface area contributed by atoms with Crippen LogP contribution in [0.4, 0.5) is 5.82 Å². The van der Waals surface area contributed by atoms with Crippen LogP contribution in [-0.4, -0.2) is 51.5 Å². The predicted octanol–water partition coefficient (Wildman–Crippen LogP) is 1.68. The number of rotatable bonds is 3. The number of cyclic esters (lactones) is 1. The third-order valence-electron chi connectivity index (χ3n) is 5.38. The van der Waals surface area contributed by atoms with E-state index < -0.39 is 0 Å². The second kappa shape index (κ2) is 6.19. The zero-order chi connectivity index (χ0) is 18.4. The van der Waals surface area contributed by atoms with Crippen LogP contribution in [-0.2, 0) is 15.1 Å². The first-order valence-corrected chi connectivity index (χ1v) is 9.24. The lowest BCUT2D eigenvalue weighted by Crippen LogP contribution is -2.39. The quantitative estimate of drug-likeness (QED) is 0.806. The minimum absolute atomic E-state index is 0.0424. The van der Waals surface area contributed by atoms with E-state index in [2.05, 4.69) is 46.5 Å². The Hall–Kier alpha value is -2.22. The number of piperidine rings is 1. The maximum atomic E-state index is 12.4. The van der Waals surface area contributed by atoms with Crippen LogP contribution < -0.4 is 10.6 Å². The number of hydrogen-bond acceptors (Lipinski definition) is 7. The van der Waals surface area contributed by atoms with Gasteiger partial charge in [0.1, 0.15) is 18.2 Å². The Bertz CT molecular complexity index is 819. The molecule has 1 spiro atoms. The number of ether oxygens (including phenoxy) is 1. The summed E-state index contributed by atoms with van der Waals surface area (Å²) < 4.78 is 7.55. The van der Waals surface area contributed by atoms with Gasteiger partial charge in [-0.15, -0.1) is 0 Å². The van der Waals surface area contributed by atoms with Crippen molar-refractivity contribution in [2.45, 2.75) is 51.7 Å². The molecule has 2 aromatic heterocycles. The van der Waals surface area contributed by atoms with Gasteiger partial charge in [-0.1, -0.05) is 0 Å². The fourth-order valence-electron chi connectivity index (χ4n) is 3.95. The van der Waals surface area contributed by atoms with Gasteiger partial charge in [0.25, 0.3) is 0 Å². The van der Waals surface area contributed by atoms with Crippen molar-refractivity contribution in [1.82, 2.24) is 25.1 Å². The number of fused-ring (bicyclic) bond motifs is 1. The molecule has 140 valence electrons. The summed E-state index contributed by atoms with van der Waals surface area (Å²) in [7, 11) is 0. The van der Waals surface area contributed by atoms with E-state index in [1.165, 1.54) is 0 Å². The number of esters is 1. The highest BCUT2D eigenvalue weighted by Crippen LogP contribution is 2.41. The molecule has 0 radical (unpaired) electrons. The van der Waals surface area contributed by atoms with Gasteiger partial charge in [-0.25, -0.2) is 14.6 Å². The minimum atomic E-state index is -0.296. The van der Waals surface area contributed by atoms with Crippen molar-refractivity contribution in [2.75, 3.05) is 25.0 Å².